The third-order valence-corrected chi connectivity index (χ3v) is 4.03. The Morgan fingerprint density at radius 2 is 1.90 bits per heavy atom. The van der Waals surface area contributed by atoms with Gasteiger partial charge in [0.05, 0.1) is 4.92 Å². The Balaban J connectivity index is 2.21. The average Bonchev–Trinajstić information content (AvgIpc) is 2.48. The van der Waals surface area contributed by atoms with Crippen LogP contribution >= 0.6 is 27.5 Å². The molecule has 6 heteroatoms. The molecule has 0 saturated carbocycles. The first-order valence-corrected chi connectivity index (χ1v) is 7.80. The molecule has 0 aliphatic rings. The predicted molar refractivity (Wildman–Crippen MR) is 89.3 cm³/mol. The molecule has 110 valence electrons. The van der Waals surface area contributed by atoms with Gasteiger partial charge < -0.3 is 4.90 Å². The highest BCUT2D eigenvalue weighted by Gasteiger charge is 2.14. The zero-order chi connectivity index (χ0) is 15.4. The van der Waals surface area contributed by atoms with Crippen molar-refractivity contribution >= 4 is 38.9 Å². The van der Waals surface area contributed by atoms with Crippen LogP contribution < -0.4 is 4.90 Å². The van der Waals surface area contributed by atoms with E-state index in [0.29, 0.717) is 22.5 Å². The van der Waals surface area contributed by atoms with Crippen LogP contribution in [0.1, 0.15) is 11.1 Å². The lowest BCUT2D eigenvalue weighted by Crippen LogP contribution is -2.16. The van der Waals surface area contributed by atoms with E-state index >= 15 is 0 Å². The van der Waals surface area contributed by atoms with Gasteiger partial charge in [0.25, 0.3) is 5.69 Å². The van der Waals surface area contributed by atoms with Crippen molar-refractivity contribution in [2.75, 3.05) is 11.9 Å². The smallest absolute Gasteiger partial charge is 0.273 e. The Bertz CT molecular complexity index is 647. The summed E-state index contributed by atoms with van der Waals surface area (Å²) in [6.07, 6.45) is 0. The minimum absolute atomic E-state index is 0.135. The molecule has 2 aromatic carbocycles. The van der Waals surface area contributed by atoms with Gasteiger partial charge in [-0.25, -0.2) is 0 Å². The molecule has 0 saturated heterocycles. The summed E-state index contributed by atoms with van der Waals surface area (Å²) in [6.45, 7) is 0.705. The quantitative estimate of drug-likeness (QED) is 0.433. The average molecular weight is 370 g/mol. The number of halogens is 2. The molecule has 0 spiro atoms. The van der Waals surface area contributed by atoms with E-state index in [0.717, 1.165) is 11.3 Å². The zero-order valence-corrected chi connectivity index (χ0v) is 13.8. The van der Waals surface area contributed by atoms with Crippen LogP contribution in [0.3, 0.4) is 0 Å². The van der Waals surface area contributed by atoms with Crippen molar-refractivity contribution in [3.8, 4) is 0 Å². The Morgan fingerprint density at radius 1 is 1.24 bits per heavy atom. The Kier molecular flexibility index (Phi) is 5.20. The molecule has 0 radical (unpaired) electrons. The van der Waals surface area contributed by atoms with Gasteiger partial charge in [0.1, 0.15) is 0 Å². The molecule has 21 heavy (non-hydrogen) atoms. The van der Waals surface area contributed by atoms with Crippen molar-refractivity contribution in [3.05, 3.63) is 68.7 Å². The lowest BCUT2D eigenvalue weighted by molar-refractivity contribution is -0.385. The molecular weight excluding hydrogens is 356 g/mol. The van der Waals surface area contributed by atoms with Crippen LogP contribution in [0.15, 0.2) is 42.5 Å². The van der Waals surface area contributed by atoms with Crippen LogP contribution in [-0.4, -0.2) is 12.0 Å². The minimum Gasteiger partial charge on any atom is -0.370 e. The first-order valence-electron chi connectivity index (χ1n) is 6.30. The third kappa shape index (κ3) is 3.95. The van der Waals surface area contributed by atoms with Gasteiger partial charge in [-0.1, -0.05) is 39.7 Å². The number of anilines is 1. The standard InChI is InChI=1S/C15H14BrClN2O2/c1-18(10-11-2-4-13(17)5-3-11)14-6-7-15(19(20)21)12(8-14)9-16/h2-8H,9-10H2,1H3. The zero-order valence-electron chi connectivity index (χ0n) is 11.4. The number of nitrogens with zero attached hydrogens (tertiary/aromatic N) is 2. The fraction of sp³-hybridized carbons (Fsp3) is 0.200. The first kappa shape index (κ1) is 15.8. The van der Waals surface area contributed by atoms with Crippen molar-refractivity contribution < 1.29 is 4.92 Å². The molecule has 0 N–H and O–H groups in total. The number of rotatable bonds is 5. The van der Waals surface area contributed by atoms with Gasteiger partial charge in [0.2, 0.25) is 0 Å². The highest BCUT2D eigenvalue weighted by Crippen LogP contribution is 2.27. The highest BCUT2D eigenvalue weighted by atomic mass is 79.9. The third-order valence-electron chi connectivity index (χ3n) is 3.18. The SMILES string of the molecule is CN(Cc1ccc(Cl)cc1)c1ccc([N+](=O)[O-])c(CBr)c1. The summed E-state index contributed by atoms with van der Waals surface area (Å²) in [5.74, 6) is 0. The van der Waals surface area contributed by atoms with Crippen molar-refractivity contribution in [3.63, 3.8) is 0 Å². The Hall–Kier alpha value is -1.59. The first-order chi connectivity index (χ1) is 10.0. The molecule has 0 amide bonds. The van der Waals surface area contributed by atoms with E-state index < -0.39 is 0 Å². The van der Waals surface area contributed by atoms with Gasteiger partial charge in [-0.2, -0.15) is 0 Å². The van der Waals surface area contributed by atoms with Crippen LogP contribution in [-0.2, 0) is 11.9 Å². The molecule has 2 rings (SSSR count). The maximum atomic E-state index is 10.9. The topological polar surface area (TPSA) is 46.4 Å². The van der Waals surface area contributed by atoms with Gasteiger partial charge in [-0.15, -0.1) is 0 Å². The van der Waals surface area contributed by atoms with Crippen molar-refractivity contribution in [2.24, 2.45) is 0 Å². The minimum atomic E-state index is -0.362. The summed E-state index contributed by atoms with van der Waals surface area (Å²) >= 11 is 9.17. The van der Waals surface area contributed by atoms with Crippen LogP contribution in [0, 0.1) is 10.1 Å². The molecule has 0 heterocycles. The number of nitro groups is 1. The number of hydrogen-bond acceptors (Lipinski definition) is 3. The van der Waals surface area contributed by atoms with E-state index in [1.54, 1.807) is 12.1 Å². The summed E-state index contributed by atoms with van der Waals surface area (Å²) in [6, 6.07) is 12.8. The largest absolute Gasteiger partial charge is 0.370 e. The molecule has 0 bridgehead atoms. The van der Waals surface area contributed by atoms with Gasteiger partial charge in [-0.05, 0) is 29.8 Å². The van der Waals surface area contributed by atoms with Gasteiger partial charge in [-0.3, -0.25) is 10.1 Å². The van der Waals surface area contributed by atoms with Gasteiger partial charge in [0, 0.05) is 41.3 Å². The molecule has 0 fully saturated rings. The monoisotopic (exact) mass is 368 g/mol. The van der Waals surface area contributed by atoms with Crippen LogP contribution in [0.25, 0.3) is 0 Å². The maximum Gasteiger partial charge on any atom is 0.273 e. The summed E-state index contributed by atoms with van der Waals surface area (Å²) in [5, 5.41) is 12.1. The fourth-order valence-electron chi connectivity index (χ4n) is 2.05. The number of hydrogen-bond donors (Lipinski definition) is 0. The molecule has 2 aromatic rings. The predicted octanol–water partition coefficient (Wildman–Crippen LogP) is 4.78. The second kappa shape index (κ2) is 6.91. The highest BCUT2D eigenvalue weighted by molar-refractivity contribution is 9.08. The van der Waals surface area contributed by atoms with E-state index in [-0.39, 0.29) is 10.6 Å². The van der Waals surface area contributed by atoms with Crippen LogP contribution in [0.2, 0.25) is 5.02 Å². The lowest BCUT2D eigenvalue weighted by atomic mass is 10.1. The number of alkyl halides is 1. The van der Waals surface area contributed by atoms with Crippen molar-refractivity contribution in [1.29, 1.82) is 0 Å². The molecule has 0 atom stereocenters. The fourth-order valence-corrected chi connectivity index (χ4v) is 2.62. The second-order valence-electron chi connectivity index (χ2n) is 4.69. The van der Waals surface area contributed by atoms with Crippen LogP contribution in [0.4, 0.5) is 11.4 Å². The van der Waals surface area contributed by atoms with E-state index in [1.807, 2.05) is 42.3 Å². The van der Waals surface area contributed by atoms with Gasteiger partial charge >= 0.3 is 0 Å². The molecule has 0 aliphatic heterocycles. The summed E-state index contributed by atoms with van der Waals surface area (Å²) in [5.41, 5.74) is 2.86. The molecule has 4 nitrogen and oxygen atoms in total. The number of nitro benzene ring substituents is 1. The second-order valence-corrected chi connectivity index (χ2v) is 5.68. The lowest BCUT2D eigenvalue weighted by Gasteiger charge is -2.20. The maximum absolute atomic E-state index is 10.9. The van der Waals surface area contributed by atoms with E-state index in [1.165, 1.54) is 0 Å². The van der Waals surface area contributed by atoms with Gasteiger partial charge in [0.15, 0.2) is 0 Å². The summed E-state index contributed by atoms with van der Waals surface area (Å²) < 4.78 is 0. The van der Waals surface area contributed by atoms with Crippen molar-refractivity contribution in [1.82, 2.24) is 0 Å². The Labute approximate surface area is 136 Å². The number of benzene rings is 2. The Morgan fingerprint density at radius 3 is 2.48 bits per heavy atom. The summed E-state index contributed by atoms with van der Waals surface area (Å²) in [4.78, 5) is 12.6. The molecule has 0 unspecified atom stereocenters. The molecule has 0 aliphatic carbocycles. The molecule has 0 aromatic heterocycles. The normalized spacial score (nSPS) is 10.4. The van der Waals surface area contributed by atoms with E-state index in [2.05, 4.69) is 15.9 Å². The van der Waals surface area contributed by atoms with E-state index in [9.17, 15) is 10.1 Å². The molecular formula is C15H14BrClN2O2. The van der Waals surface area contributed by atoms with E-state index in [4.69, 9.17) is 11.6 Å². The van der Waals surface area contributed by atoms with Crippen molar-refractivity contribution in [2.45, 2.75) is 11.9 Å². The summed E-state index contributed by atoms with van der Waals surface area (Å²) in [7, 11) is 1.95. The van der Waals surface area contributed by atoms with Crippen LogP contribution in [0.5, 0.6) is 0 Å².